The maximum atomic E-state index is 12.1. The fourth-order valence-corrected chi connectivity index (χ4v) is 3.79. The first-order valence-corrected chi connectivity index (χ1v) is 6.72. The van der Waals surface area contributed by atoms with Crippen molar-refractivity contribution in [2.45, 2.75) is 46.5 Å². The van der Waals surface area contributed by atoms with Crippen molar-refractivity contribution in [3.63, 3.8) is 0 Å². The summed E-state index contributed by atoms with van der Waals surface area (Å²) in [6.45, 7) is 6.46. The summed E-state index contributed by atoms with van der Waals surface area (Å²) >= 11 is 0. The van der Waals surface area contributed by atoms with Crippen molar-refractivity contribution in [3.8, 4) is 0 Å². The lowest BCUT2D eigenvalue weighted by atomic mass is 9.63. The number of carbonyl (C=O) groups is 2. The Labute approximate surface area is 109 Å². The van der Waals surface area contributed by atoms with Gasteiger partial charge in [0.05, 0.1) is 13.5 Å². The first-order valence-electron chi connectivity index (χ1n) is 6.72. The van der Waals surface area contributed by atoms with Crippen molar-refractivity contribution in [1.82, 2.24) is 0 Å². The normalized spacial score (nSPS) is 35.7. The van der Waals surface area contributed by atoms with E-state index in [9.17, 15) is 9.59 Å². The number of Topliss-reactive ketones (excluding diaryl/α,β-unsaturated/α-hetero) is 1. The molecule has 0 aromatic carbocycles. The molecule has 0 aliphatic heterocycles. The molecule has 1 fully saturated rings. The van der Waals surface area contributed by atoms with Crippen molar-refractivity contribution >= 4 is 11.8 Å². The monoisotopic (exact) mass is 250 g/mol. The van der Waals surface area contributed by atoms with Crippen LogP contribution in [0.25, 0.3) is 0 Å². The summed E-state index contributed by atoms with van der Waals surface area (Å²) in [4.78, 5) is 23.8. The lowest BCUT2D eigenvalue weighted by molar-refractivity contribution is -0.143. The van der Waals surface area contributed by atoms with Crippen molar-refractivity contribution in [2.24, 2.45) is 17.3 Å². The molecule has 3 heteroatoms. The molecule has 0 spiro atoms. The summed E-state index contributed by atoms with van der Waals surface area (Å²) in [5, 5.41) is 0. The molecule has 2 aliphatic rings. The van der Waals surface area contributed by atoms with Crippen LogP contribution in [0, 0.1) is 17.3 Å². The Kier molecular flexibility index (Phi) is 3.35. The largest absolute Gasteiger partial charge is 0.469 e. The number of hydrogen-bond acceptors (Lipinski definition) is 3. The lowest BCUT2D eigenvalue weighted by Crippen LogP contribution is -2.35. The molecule has 0 aromatic rings. The molecule has 0 unspecified atom stereocenters. The van der Waals surface area contributed by atoms with Crippen molar-refractivity contribution in [2.75, 3.05) is 7.11 Å². The van der Waals surface area contributed by atoms with Crippen molar-refractivity contribution < 1.29 is 14.3 Å². The van der Waals surface area contributed by atoms with Gasteiger partial charge >= 0.3 is 5.97 Å². The zero-order valence-corrected chi connectivity index (χ0v) is 11.7. The van der Waals surface area contributed by atoms with Gasteiger partial charge in [0.1, 0.15) is 0 Å². The number of ketones is 1. The number of carbonyl (C=O) groups excluding carboxylic acids is 2. The molecule has 2 aliphatic carbocycles. The average Bonchev–Trinajstić information content (AvgIpc) is 2.63. The molecular formula is C15H22O3. The molecule has 0 amide bonds. The van der Waals surface area contributed by atoms with Crippen LogP contribution in [0.2, 0.25) is 0 Å². The van der Waals surface area contributed by atoms with E-state index in [2.05, 4.69) is 20.8 Å². The topological polar surface area (TPSA) is 43.4 Å². The highest BCUT2D eigenvalue weighted by molar-refractivity contribution is 6.01. The van der Waals surface area contributed by atoms with E-state index in [0.717, 1.165) is 18.4 Å². The van der Waals surface area contributed by atoms with Crippen LogP contribution >= 0.6 is 0 Å². The third-order valence-electron chi connectivity index (χ3n) is 4.99. The molecule has 100 valence electrons. The Morgan fingerprint density at radius 1 is 1.44 bits per heavy atom. The number of hydrogen-bond donors (Lipinski definition) is 0. The standard InChI is InChI=1S/C15H22O3/c1-9-7-15(8-13(17)18-4)6-5-12(16)14(15)11(3)10(9)2/h9-10H,5-8H2,1-4H3/t9-,10+,15+/m0/s1. The second-order valence-corrected chi connectivity index (χ2v) is 5.98. The number of rotatable bonds is 2. The molecule has 0 saturated heterocycles. The number of ether oxygens (including phenoxy) is 1. The molecule has 2 rings (SSSR count). The second kappa shape index (κ2) is 4.52. The van der Waals surface area contributed by atoms with Gasteiger partial charge in [0.15, 0.2) is 5.78 Å². The number of methoxy groups -OCH3 is 1. The molecule has 0 N–H and O–H groups in total. The SMILES string of the molecule is COC(=O)C[C@]12CCC(=O)C1=C(C)[C@H](C)[C@@H](C)C2. The maximum absolute atomic E-state index is 12.1. The second-order valence-electron chi connectivity index (χ2n) is 5.98. The van der Waals surface area contributed by atoms with Gasteiger partial charge in [-0.2, -0.15) is 0 Å². The van der Waals surface area contributed by atoms with E-state index < -0.39 is 0 Å². The van der Waals surface area contributed by atoms with E-state index in [1.54, 1.807) is 0 Å². The summed E-state index contributed by atoms with van der Waals surface area (Å²) < 4.78 is 4.82. The predicted molar refractivity (Wildman–Crippen MR) is 69.0 cm³/mol. The predicted octanol–water partition coefficient (Wildman–Crippen LogP) is 2.89. The van der Waals surface area contributed by atoms with E-state index in [0.29, 0.717) is 24.7 Å². The number of esters is 1. The third kappa shape index (κ3) is 1.90. The molecule has 0 heterocycles. The molecular weight excluding hydrogens is 228 g/mol. The Bertz CT molecular complexity index is 421. The number of fused-ring (bicyclic) bond motifs is 1. The van der Waals surface area contributed by atoms with Crippen LogP contribution in [-0.2, 0) is 14.3 Å². The van der Waals surface area contributed by atoms with Gasteiger partial charge < -0.3 is 4.74 Å². The highest BCUT2D eigenvalue weighted by Gasteiger charge is 2.50. The van der Waals surface area contributed by atoms with Crippen LogP contribution < -0.4 is 0 Å². The van der Waals surface area contributed by atoms with E-state index in [-0.39, 0.29) is 17.2 Å². The minimum atomic E-state index is -0.236. The van der Waals surface area contributed by atoms with Crippen LogP contribution in [0.3, 0.4) is 0 Å². The summed E-state index contributed by atoms with van der Waals surface area (Å²) in [6.07, 6.45) is 2.69. The highest BCUT2D eigenvalue weighted by atomic mass is 16.5. The highest BCUT2D eigenvalue weighted by Crippen LogP contribution is 2.55. The van der Waals surface area contributed by atoms with Crippen LogP contribution in [0.1, 0.15) is 46.5 Å². The van der Waals surface area contributed by atoms with E-state index in [4.69, 9.17) is 4.74 Å². The molecule has 3 nitrogen and oxygen atoms in total. The molecule has 18 heavy (non-hydrogen) atoms. The average molecular weight is 250 g/mol. The Hall–Kier alpha value is -1.12. The van der Waals surface area contributed by atoms with Gasteiger partial charge in [0.2, 0.25) is 0 Å². The quantitative estimate of drug-likeness (QED) is 0.708. The molecule has 0 radical (unpaired) electrons. The summed E-state index contributed by atoms with van der Waals surface area (Å²) in [7, 11) is 1.42. The zero-order valence-electron chi connectivity index (χ0n) is 11.7. The minimum Gasteiger partial charge on any atom is -0.469 e. The molecule has 0 bridgehead atoms. The maximum Gasteiger partial charge on any atom is 0.306 e. The van der Waals surface area contributed by atoms with Gasteiger partial charge in [-0.3, -0.25) is 9.59 Å². The van der Waals surface area contributed by atoms with Crippen LogP contribution in [0.15, 0.2) is 11.1 Å². The van der Waals surface area contributed by atoms with Gasteiger partial charge in [-0.15, -0.1) is 0 Å². The van der Waals surface area contributed by atoms with E-state index in [1.165, 1.54) is 12.7 Å². The van der Waals surface area contributed by atoms with Crippen molar-refractivity contribution in [3.05, 3.63) is 11.1 Å². The molecule has 1 saturated carbocycles. The fraction of sp³-hybridized carbons (Fsp3) is 0.733. The molecule has 0 aromatic heterocycles. The van der Waals surface area contributed by atoms with E-state index >= 15 is 0 Å². The Morgan fingerprint density at radius 3 is 2.72 bits per heavy atom. The van der Waals surface area contributed by atoms with E-state index in [1.807, 2.05) is 0 Å². The fourth-order valence-electron chi connectivity index (χ4n) is 3.79. The van der Waals surface area contributed by atoms with Gasteiger partial charge in [0.25, 0.3) is 0 Å². The summed E-state index contributed by atoms with van der Waals surface area (Å²) in [5.74, 6) is 1.00. The Balaban J connectivity index is 2.44. The zero-order chi connectivity index (χ0) is 13.5. The molecule has 3 atom stereocenters. The van der Waals surface area contributed by atoms with Gasteiger partial charge in [-0.1, -0.05) is 19.4 Å². The van der Waals surface area contributed by atoms with Crippen LogP contribution in [-0.4, -0.2) is 18.9 Å². The van der Waals surface area contributed by atoms with Gasteiger partial charge in [-0.05, 0) is 31.6 Å². The first-order chi connectivity index (χ1) is 8.41. The third-order valence-corrected chi connectivity index (χ3v) is 4.99. The van der Waals surface area contributed by atoms with Crippen LogP contribution in [0.4, 0.5) is 0 Å². The number of allylic oxidation sites excluding steroid dienone is 2. The summed E-state index contributed by atoms with van der Waals surface area (Å²) in [6, 6.07) is 0. The van der Waals surface area contributed by atoms with Gasteiger partial charge in [0, 0.05) is 17.4 Å². The first kappa shape index (κ1) is 13.3. The lowest BCUT2D eigenvalue weighted by Gasteiger charge is -2.41. The van der Waals surface area contributed by atoms with Crippen molar-refractivity contribution in [1.29, 1.82) is 0 Å². The Morgan fingerprint density at radius 2 is 2.11 bits per heavy atom. The van der Waals surface area contributed by atoms with Crippen LogP contribution in [0.5, 0.6) is 0 Å². The minimum absolute atomic E-state index is 0.197. The smallest absolute Gasteiger partial charge is 0.306 e. The summed E-state index contributed by atoms with van der Waals surface area (Å²) in [5.41, 5.74) is 1.90. The van der Waals surface area contributed by atoms with Gasteiger partial charge in [-0.25, -0.2) is 0 Å².